The van der Waals surface area contributed by atoms with E-state index in [4.69, 9.17) is 4.74 Å². The molecule has 4 aliphatic rings. The number of hydrogen-bond donors (Lipinski definition) is 0. The fraction of sp³-hybridized carbons (Fsp3) is 0.750. The predicted molar refractivity (Wildman–Crippen MR) is 107 cm³/mol. The number of hydrogen-bond acceptors (Lipinski definition) is 1. The Morgan fingerprint density at radius 3 is 2.52 bits per heavy atom. The summed E-state index contributed by atoms with van der Waals surface area (Å²) in [4.78, 5) is 0. The van der Waals surface area contributed by atoms with Crippen molar-refractivity contribution in [3.05, 3.63) is 35.1 Å². The van der Waals surface area contributed by atoms with Crippen molar-refractivity contribution in [1.82, 2.24) is 0 Å². The fourth-order valence-electron chi connectivity index (χ4n) is 6.38. The lowest BCUT2D eigenvalue weighted by molar-refractivity contribution is -0.0120. The zero-order valence-corrected chi connectivity index (χ0v) is 17.3. The monoisotopic (exact) mass is 342 g/mol. The summed E-state index contributed by atoms with van der Waals surface area (Å²) in [5.74, 6) is 3.86. The third-order valence-electron chi connectivity index (χ3n) is 8.03. The molecule has 0 radical (unpaired) electrons. The molecule has 5 unspecified atom stereocenters. The summed E-state index contributed by atoms with van der Waals surface area (Å²) >= 11 is 0. The average Bonchev–Trinajstić information content (AvgIpc) is 2.92. The SMILES string of the molecule is CC.CCOC1=CC2=CCC3C4CC=C(C)C4(C)CCC3C2(C)CC1. The Labute approximate surface area is 155 Å². The molecule has 0 spiro atoms. The minimum atomic E-state index is 0.390. The quantitative estimate of drug-likeness (QED) is 0.488. The van der Waals surface area contributed by atoms with Crippen LogP contribution in [0.2, 0.25) is 0 Å². The Bertz CT molecular complexity index is 595. The van der Waals surface area contributed by atoms with Gasteiger partial charge in [0.25, 0.3) is 0 Å². The minimum Gasteiger partial charge on any atom is -0.498 e. The molecular formula is C24H38O. The number of allylic oxidation sites excluding steroid dienone is 6. The summed E-state index contributed by atoms with van der Waals surface area (Å²) in [5, 5.41) is 0. The molecule has 1 nitrogen and oxygen atoms in total. The van der Waals surface area contributed by atoms with Gasteiger partial charge in [-0.2, -0.15) is 0 Å². The van der Waals surface area contributed by atoms with Crippen molar-refractivity contribution in [3.8, 4) is 0 Å². The van der Waals surface area contributed by atoms with Crippen molar-refractivity contribution in [2.45, 2.75) is 80.1 Å². The van der Waals surface area contributed by atoms with Crippen LogP contribution in [0.15, 0.2) is 35.1 Å². The first-order chi connectivity index (χ1) is 12.0. The molecule has 0 N–H and O–H groups in total. The van der Waals surface area contributed by atoms with Crippen molar-refractivity contribution >= 4 is 0 Å². The number of ether oxygens (including phenoxy) is 1. The smallest absolute Gasteiger partial charge is 0.0962 e. The summed E-state index contributed by atoms with van der Waals surface area (Å²) in [5.41, 5.74) is 4.13. The lowest BCUT2D eigenvalue weighted by Crippen LogP contribution is -2.48. The van der Waals surface area contributed by atoms with Gasteiger partial charge in [0.1, 0.15) is 0 Å². The van der Waals surface area contributed by atoms with Gasteiger partial charge < -0.3 is 4.74 Å². The molecule has 0 heterocycles. The summed E-state index contributed by atoms with van der Waals surface area (Å²) < 4.78 is 5.82. The van der Waals surface area contributed by atoms with Gasteiger partial charge in [-0.25, -0.2) is 0 Å². The average molecular weight is 343 g/mol. The van der Waals surface area contributed by atoms with Gasteiger partial charge >= 0.3 is 0 Å². The summed E-state index contributed by atoms with van der Waals surface area (Å²) in [7, 11) is 0. The second kappa shape index (κ2) is 6.97. The van der Waals surface area contributed by atoms with Crippen molar-refractivity contribution in [2.24, 2.45) is 28.6 Å². The lowest BCUT2D eigenvalue weighted by atomic mass is 9.48. The minimum absolute atomic E-state index is 0.390. The van der Waals surface area contributed by atoms with E-state index in [1.807, 2.05) is 13.8 Å². The van der Waals surface area contributed by atoms with Crippen LogP contribution >= 0.6 is 0 Å². The zero-order chi connectivity index (χ0) is 18.2. The van der Waals surface area contributed by atoms with E-state index in [0.29, 0.717) is 10.8 Å². The van der Waals surface area contributed by atoms with E-state index in [0.717, 1.165) is 30.8 Å². The van der Waals surface area contributed by atoms with E-state index in [2.05, 4.69) is 45.9 Å². The normalized spacial score (nSPS) is 41.8. The molecule has 25 heavy (non-hydrogen) atoms. The van der Waals surface area contributed by atoms with Crippen LogP contribution in [0.3, 0.4) is 0 Å². The maximum absolute atomic E-state index is 5.82. The van der Waals surface area contributed by atoms with Gasteiger partial charge in [0.2, 0.25) is 0 Å². The van der Waals surface area contributed by atoms with Crippen molar-refractivity contribution in [1.29, 1.82) is 0 Å². The van der Waals surface area contributed by atoms with Gasteiger partial charge in [0, 0.05) is 6.42 Å². The Morgan fingerprint density at radius 2 is 1.80 bits per heavy atom. The Kier molecular flexibility index (Phi) is 5.24. The summed E-state index contributed by atoms with van der Waals surface area (Å²) in [6, 6.07) is 0. The predicted octanol–water partition coefficient (Wildman–Crippen LogP) is 7.06. The first-order valence-electron chi connectivity index (χ1n) is 10.7. The third-order valence-corrected chi connectivity index (χ3v) is 8.03. The summed E-state index contributed by atoms with van der Waals surface area (Å²) in [6.07, 6.45) is 15.3. The summed E-state index contributed by atoms with van der Waals surface area (Å²) in [6.45, 7) is 14.4. The third kappa shape index (κ3) is 2.82. The van der Waals surface area contributed by atoms with Crippen LogP contribution in [0, 0.1) is 28.6 Å². The second-order valence-electron chi connectivity index (χ2n) is 8.81. The molecule has 4 rings (SSSR count). The van der Waals surface area contributed by atoms with E-state index in [-0.39, 0.29) is 0 Å². The molecule has 0 aromatic carbocycles. The molecule has 0 aliphatic heterocycles. The highest BCUT2D eigenvalue weighted by Gasteiger charge is 2.55. The van der Waals surface area contributed by atoms with Crippen LogP contribution in [-0.2, 0) is 4.74 Å². The van der Waals surface area contributed by atoms with Gasteiger partial charge in [-0.3, -0.25) is 0 Å². The Morgan fingerprint density at radius 1 is 1.04 bits per heavy atom. The van der Waals surface area contributed by atoms with E-state index in [1.165, 1.54) is 37.9 Å². The van der Waals surface area contributed by atoms with Gasteiger partial charge in [0.05, 0.1) is 12.4 Å². The van der Waals surface area contributed by atoms with Crippen LogP contribution in [-0.4, -0.2) is 6.61 Å². The van der Waals surface area contributed by atoms with Crippen molar-refractivity contribution < 1.29 is 4.74 Å². The van der Waals surface area contributed by atoms with Crippen molar-refractivity contribution in [2.75, 3.05) is 6.61 Å². The molecule has 0 amide bonds. The van der Waals surface area contributed by atoms with E-state index in [1.54, 1.807) is 11.1 Å². The topological polar surface area (TPSA) is 9.23 Å². The molecule has 0 bridgehead atoms. The van der Waals surface area contributed by atoms with Crippen LogP contribution in [0.5, 0.6) is 0 Å². The first kappa shape index (κ1) is 18.8. The van der Waals surface area contributed by atoms with Crippen molar-refractivity contribution in [3.63, 3.8) is 0 Å². The molecule has 5 atom stereocenters. The highest BCUT2D eigenvalue weighted by molar-refractivity contribution is 5.36. The Hall–Kier alpha value is -0.980. The van der Waals surface area contributed by atoms with Gasteiger partial charge in [0.15, 0.2) is 0 Å². The van der Waals surface area contributed by atoms with Gasteiger partial charge in [-0.15, -0.1) is 0 Å². The highest BCUT2D eigenvalue weighted by atomic mass is 16.5. The van der Waals surface area contributed by atoms with Gasteiger partial charge in [-0.05, 0) is 86.2 Å². The van der Waals surface area contributed by atoms with Crippen LogP contribution in [0.25, 0.3) is 0 Å². The molecule has 1 heteroatoms. The number of rotatable bonds is 2. The standard InChI is InChI=1S/C22H32O.C2H6/c1-5-23-17-10-12-22(4)16(14-17)7-8-18-19-9-6-15(2)21(19,3)13-11-20(18)22;1-2/h6-7,14,18-20H,5,8-13H2,1-4H3;1-2H3. The first-order valence-corrected chi connectivity index (χ1v) is 10.7. The largest absolute Gasteiger partial charge is 0.498 e. The molecule has 4 aliphatic carbocycles. The second-order valence-corrected chi connectivity index (χ2v) is 8.81. The number of fused-ring (bicyclic) bond motifs is 5. The molecule has 0 aromatic rings. The van der Waals surface area contributed by atoms with Crippen LogP contribution < -0.4 is 0 Å². The maximum Gasteiger partial charge on any atom is 0.0962 e. The zero-order valence-electron chi connectivity index (χ0n) is 17.3. The molecule has 0 aromatic heterocycles. The van der Waals surface area contributed by atoms with E-state index in [9.17, 15) is 0 Å². The molecule has 1 fully saturated rings. The van der Waals surface area contributed by atoms with Crippen LogP contribution in [0.4, 0.5) is 0 Å². The lowest BCUT2D eigenvalue weighted by Gasteiger charge is -2.56. The maximum atomic E-state index is 5.82. The molecule has 0 saturated heterocycles. The molecule has 140 valence electrons. The molecule has 1 saturated carbocycles. The highest BCUT2D eigenvalue weighted by Crippen LogP contribution is 2.64. The molecular weight excluding hydrogens is 304 g/mol. The van der Waals surface area contributed by atoms with Gasteiger partial charge in [-0.1, -0.05) is 45.4 Å². The van der Waals surface area contributed by atoms with E-state index < -0.39 is 0 Å². The fourth-order valence-corrected chi connectivity index (χ4v) is 6.38. The van der Waals surface area contributed by atoms with E-state index >= 15 is 0 Å². The Balaban J connectivity index is 0.000000880. The van der Waals surface area contributed by atoms with Crippen LogP contribution in [0.1, 0.15) is 80.1 Å².